The maximum absolute atomic E-state index is 14.5. The number of carbonyl (C=O) groups excluding carboxylic acids is 5. The first-order chi connectivity index (χ1) is 37.1. The Morgan fingerprint density at radius 3 is 2.23 bits per heavy atom. The molecule has 20 nitrogen and oxygen atoms in total. The number of ketones is 2. The number of aliphatic hydroxyl groups excluding tert-OH is 3. The third kappa shape index (κ3) is 20.3. The van der Waals surface area contributed by atoms with Crippen molar-refractivity contribution in [1.29, 1.82) is 0 Å². The molecule has 2 saturated heterocycles. The van der Waals surface area contributed by atoms with Crippen molar-refractivity contribution in [2.75, 3.05) is 67.0 Å². The van der Waals surface area contributed by atoms with Crippen LogP contribution in [0.4, 0.5) is 4.79 Å². The number of allylic oxidation sites excluding steroid dienone is 5. The Morgan fingerprint density at radius 2 is 1.54 bits per heavy atom. The Labute approximate surface area is 462 Å². The maximum atomic E-state index is 14.5. The Morgan fingerprint density at radius 1 is 0.833 bits per heavy atom. The van der Waals surface area contributed by atoms with E-state index < -0.39 is 114 Å². The summed E-state index contributed by atoms with van der Waals surface area (Å²) in [6.45, 7) is 15.3. The van der Waals surface area contributed by atoms with E-state index in [9.17, 15) is 44.4 Å². The average Bonchev–Trinajstić information content (AvgIpc) is 3.46. The zero-order valence-corrected chi connectivity index (χ0v) is 47.9. The fourth-order valence-electron chi connectivity index (χ4n) is 10.9. The monoisotopic (exact) mass is 1110 g/mol. The molecular formula is C58H95N3O17. The van der Waals surface area contributed by atoms with E-state index in [-0.39, 0.29) is 49.9 Å². The molecule has 20 heteroatoms. The summed E-state index contributed by atoms with van der Waals surface area (Å²) in [5.41, 5.74) is 7.82. The van der Waals surface area contributed by atoms with E-state index in [0.29, 0.717) is 97.2 Å². The summed E-state index contributed by atoms with van der Waals surface area (Å²) in [6, 6.07) is -2.06. The zero-order valence-electron chi connectivity index (χ0n) is 47.9. The summed E-state index contributed by atoms with van der Waals surface area (Å²) in [5.74, 6) is -8.34. The van der Waals surface area contributed by atoms with Gasteiger partial charge in [0, 0.05) is 70.6 Å². The van der Waals surface area contributed by atoms with Crippen LogP contribution in [0.1, 0.15) is 126 Å². The first-order valence-corrected chi connectivity index (χ1v) is 28.4. The Hall–Kier alpha value is -3.93. The molecule has 7 N–H and O–H groups in total. The van der Waals surface area contributed by atoms with Crippen LogP contribution in [0.3, 0.4) is 0 Å². The van der Waals surface area contributed by atoms with Crippen molar-refractivity contribution < 1.29 is 82.3 Å². The largest absolute Gasteiger partial charge is 0.460 e. The molecule has 3 aliphatic heterocycles. The second-order valence-corrected chi connectivity index (χ2v) is 22.0. The number of rotatable bonds is 18. The molecular weight excluding hydrogens is 1010 g/mol. The number of nitrogens with one attached hydrogen (secondary N) is 1. The standard InChI is InChI=1S/C58H95N3O17/c1-10-73-26-27-75-29-28-74-25-23-60-57(69)77-47-22-20-42(33-50(47)72-9)32-44(59)46(62)35-49-38(4)31-40(6)52(64)53(65)51(63)39(5)30-36(2)16-12-11-13-17-37(3)48(71-8)34-43-21-19-41(7)58(70,78-43)54(66)55(67)61-24-15-14-18-45(61)56(68)76-49/h11-13,16-17,31,36,38-39,41-50,52-53,62,64-65,70H,10,14-15,18-30,32-35,59H2,1-9H3,(H,60,69)/b13-11+,16-12+,37-17+,40-31+/t36-,38-,39-,41-,42+,43+,44-,45+,46+,47-,48+,49-,50-,52-,53+,58-/m1/s1. The van der Waals surface area contributed by atoms with Crippen molar-refractivity contribution in [3.63, 3.8) is 0 Å². The highest BCUT2D eigenvalue weighted by Crippen LogP contribution is 2.37. The van der Waals surface area contributed by atoms with Gasteiger partial charge >= 0.3 is 12.1 Å². The molecule has 4 rings (SSSR count). The van der Waals surface area contributed by atoms with E-state index in [0.717, 1.165) is 10.5 Å². The number of hydrogen-bond acceptors (Lipinski definition) is 18. The van der Waals surface area contributed by atoms with E-state index in [1.807, 2.05) is 51.2 Å². The van der Waals surface area contributed by atoms with Gasteiger partial charge in [0.05, 0.1) is 57.5 Å². The molecule has 78 heavy (non-hydrogen) atoms. The fourth-order valence-corrected chi connectivity index (χ4v) is 10.9. The smallest absolute Gasteiger partial charge is 0.407 e. The molecule has 2 bridgehead atoms. The van der Waals surface area contributed by atoms with Crippen LogP contribution in [0, 0.1) is 29.6 Å². The minimum absolute atomic E-state index is 0.0284. The van der Waals surface area contributed by atoms with Crippen LogP contribution in [-0.2, 0) is 57.1 Å². The lowest BCUT2D eigenvalue weighted by atomic mass is 9.80. The van der Waals surface area contributed by atoms with E-state index in [1.165, 1.54) is 7.11 Å². The van der Waals surface area contributed by atoms with Gasteiger partial charge in [0.25, 0.3) is 11.7 Å². The molecule has 16 atom stereocenters. The van der Waals surface area contributed by atoms with Crippen LogP contribution in [0.5, 0.6) is 0 Å². The number of Topliss-reactive ketones (excluding diaryl/α,β-unsaturated/α-hetero) is 2. The van der Waals surface area contributed by atoms with Crippen molar-refractivity contribution in [3.8, 4) is 0 Å². The molecule has 2 amide bonds. The van der Waals surface area contributed by atoms with Crippen LogP contribution >= 0.6 is 0 Å². The second kappa shape index (κ2) is 33.7. The molecule has 3 fully saturated rings. The minimum atomic E-state index is -2.48. The number of methoxy groups -OCH3 is 2. The van der Waals surface area contributed by atoms with Gasteiger partial charge in [0.15, 0.2) is 5.78 Å². The number of cyclic esters (lactones) is 1. The molecule has 0 unspecified atom stereocenters. The van der Waals surface area contributed by atoms with E-state index in [4.69, 9.17) is 43.6 Å². The number of nitrogens with two attached hydrogens (primary N) is 1. The molecule has 0 aromatic carbocycles. The van der Waals surface area contributed by atoms with Gasteiger partial charge in [0.2, 0.25) is 5.79 Å². The molecule has 3 heterocycles. The predicted octanol–water partition coefficient (Wildman–Crippen LogP) is 4.81. The number of hydrogen-bond donors (Lipinski definition) is 6. The van der Waals surface area contributed by atoms with E-state index >= 15 is 0 Å². The number of alkyl carbamates (subject to hydrolysis) is 1. The number of aliphatic hydroxyl groups is 4. The molecule has 0 spiro atoms. The molecule has 4 aliphatic rings. The van der Waals surface area contributed by atoms with Crippen LogP contribution in [0.25, 0.3) is 0 Å². The predicted molar refractivity (Wildman–Crippen MR) is 291 cm³/mol. The molecule has 1 aliphatic carbocycles. The topological polar surface area (TPSA) is 281 Å². The highest BCUT2D eigenvalue weighted by Gasteiger charge is 2.53. The lowest BCUT2D eigenvalue weighted by Gasteiger charge is -2.42. The summed E-state index contributed by atoms with van der Waals surface area (Å²) >= 11 is 0. The Balaban J connectivity index is 1.53. The number of fused-ring (bicyclic) bond motifs is 3. The summed E-state index contributed by atoms with van der Waals surface area (Å²) in [6.07, 6.45) is 7.02. The van der Waals surface area contributed by atoms with Gasteiger partial charge in [-0.25, -0.2) is 9.59 Å². The molecule has 0 aromatic rings. The highest BCUT2D eigenvalue weighted by atomic mass is 16.6. The number of carbonyl (C=O) groups is 5. The van der Waals surface area contributed by atoms with Crippen LogP contribution in [0.2, 0.25) is 0 Å². The average molecular weight is 1110 g/mol. The third-order valence-electron chi connectivity index (χ3n) is 15.9. The number of nitrogens with zero attached hydrogens (tertiary/aromatic N) is 1. The maximum Gasteiger partial charge on any atom is 0.407 e. The van der Waals surface area contributed by atoms with E-state index in [2.05, 4.69) is 5.32 Å². The summed E-state index contributed by atoms with van der Waals surface area (Å²) in [5, 5.41) is 49.2. The number of piperidine rings is 1. The van der Waals surface area contributed by atoms with Crippen LogP contribution in [-0.4, -0.2) is 189 Å². The van der Waals surface area contributed by atoms with Crippen molar-refractivity contribution in [2.45, 2.75) is 192 Å². The van der Waals surface area contributed by atoms with Crippen molar-refractivity contribution in [1.82, 2.24) is 10.2 Å². The molecule has 444 valence electrons. The van der Waals surface area contributed by atoms with Gasteiger partial charge in [-0.05, 0) is 108 Å². The Bertz CT molecular complexity index is 2020. The van der Waals surface area contributed by atoms with Crippen molar-refractivity contribution in [2.24, 2.45) is 35.3 Å². The van der Waals surface area contributed by atoms with Crippen molar-refractivity contribution in [3.05, 3.63) is 47.6 Å². The second-order valence-electron chi connectivity index (χ2n) is 22.0. The third-order valence-corrected chi connectivity index (χ3v) is 15.9. The molecule has 0 aromatic heterocycles. The van der Waals surface area contributed by atoms with E-state index in [1.54, 1.807) is 40.9 Å². The fraction of sp³-hybridized carbons (Fsp3) is 0.776. The van der Waals surface area contributed by atoms with Crippen LogP contribution < -0.4 is 11.1 Å². The van der Waals surface area contributed by atoms with Crippen molar-refractivity contribution >= 4 is 29.5 Å². The normalized spacial score (nSPS) is 35.6. The lowest BCUT2D eigenvalue weighted by Crippen LogP contribution is -2.61. The van der Waals surface area contributed by atoms with Gasteiger partial charge in [-0.15, -0.1) is 0 Å². The summed E-state index contributed by atoms with van der Waals surface area (Å²) < 4.78 is 45.9. The van der Waals surface area contributed by atoms with Gasteiger partial charge < -0.3 is 74.3 Å². The molecule has 1 saturated carbocycles. The number of esters is 1. The van der Waals surface area contributed by atoms with Gasteiger partial charge in [-0.1, -0.05) is 64.2 Å². The SMILES string of the molecule is CCOCCOCCOCCNC(=O)O[C@@H]1CC[C@@H](C[C@@H](N)[C@@H](O)C[C@H]2OC(=O)[C@@H]3CCCCN3C(=O)C(=O)[C@]3(O)O[C@@H](CC[C@H]3C)C[C@H](OC)/C(C)=C/C=C/C=C/[C@@H](C)C[C@@H](C)C(=O)[C@H](O)[C@H](O)/C(C)=C/[C@H]2C)C[C@H]1OC. The van der Waals surface area contributed by atoms with Gasteiger partial charge in [-0.2, -0.15) is 0 Å². The Kier molecular flexibility index (Phi) is 28.8. The summed E-state index contributed by atoms with van der Waals surface area (Å²) in [7, 11) is 3.10. The number of amides is 2. The molecule has 0 radical (unpaired) electrons. The van der Waals surface area contributed by atoms with Gasteiger partial charge in [-0.3, -0.25) is 14.4 Å². The summed E-state index contributed by atoms with van der Waals surface area (Å²) in [4.78, 5) is 70.5. The zero-order chi connectivity index (χ0) is 57.5. The highest BCUT2D eigenvalue weighted by molar-refractivity contribution is 6.39. The number of ether oxygens (including phenoxy) is 8. The van der Waals surface area contributed by atoms with Gasteiger partial charge in [0.1, 0.15) is 30.5 Å². The lowest BCUT2D eigenvalue weighted by molar-refractivity contribution is -0.265. The van der Waals surface area contributed by atoms with Crippen LogP contribution in [0.15, 0.2) is 47.6 Å². The first-order valence-electron chi connectivity index (χ1n) is 28.4. The minimum Gasteiger partial charge on any atom is -0.460 e. The first kappa shape index (κ1) is 66.6. The quantitative estimate of drug-likeness (QED) is 0.0465.